The zero-order valence-electron chi connectivity index (χ0n) is 19.8. The minimum Gasteiger partial charge on any atom is -0.353 e. The van der Waals surface area contributed by atoms with Crippen molar-refractivity contribution in [3.05, 3.63) is 51.1 Å². The van der Waals surface area contributed by atoms with Crippen molar-refractivity contribution in [2.75, 3.05) is 5.75 Å². The van der Waals surface area contributed by atoms with Gasteiger partial charge in [-0.3, -0.25) is 14.2 Å². The molecule has 0 spiro atoms. The Balaban J connectivity index is 1.44. The molecule has 0 aliphatic heterocycles. The fourth-order valence-corrected chi connectivity index (χ4v) is 7.52. The van der Waals surface area contributed by atoms with Crippen molar-refractivity contribution in [2.45, 2.75) is 82.3 Å². The second-order valence-electron chi connectivity index (χ2n) is 9.80. The van der Waals surface area contributed by atoms with Gasteiger partial charge in [-0.2, -0.15) is 0 Å². The lowest BCUT2D eigenvalue weighted by atomic mass is 9.89. The van der Waals surface area contributed by atoms with Crippen LogP contribution < -0.4 is 10.9 Å². The summed E-state index contributed by atoms with van der Waals surface area (Å²) >= 11 is 3.03. The normalized spacial score (nSPS) is 19.4. The average molecular weight is 496 g/mol. The Kier molecular flexibility index (Phi) is 7.40. The Morgan fingerprint density at radius 2 is 1.85 bits per heavy atom. The van der Waals surface area contributed by atoms with Crippen LogP contribution in [0, 0.1) is 5.92 Å². The molecule has 2 heterocycles. The van der Waals surface area contributed by atoms with Crippen LogP contribution in [0.3, 0.4) is 0 Å². The smallest absolute Gasteiger partial charge is 0.267 e. The third-order valence-electron chi connectivity index (χ3n) is 7.12. The molecule has 1 N–H and O–H groups in total. The fraction of sp³-hybridized carbons (Fsp3) is 0.519. The molecule has 1 unspecified atom stereocenters. The van der Waals surface area contributed by atoms with Gasteiger partial charge in [0.2, 0.25) is 5.91 Å². The average Bonchev–Trinajstić information content (AvgIpc) is 3.17. The topological polar surface area (TPSA) is 64.0 Å². The molecule has 1 aromatic carbocycles. The molecule has 2 aliphatic rings. The van der Waals surface area contributed by atoms with Gasteiger partial charge in [0.15, 0.2) is 5.16 Å². The molecule has 1 fully saturated rings. The molecule has 7 heteroatoms. The van der Waals surface area contributed by atoms with E-state index in [2.05, 4.69) is 12.2 Å². The lowest BCUT2D eigenvalue weighted by molar-refractivity contribution is -0.119. The first-order valence-electron chi connectivity index (χ1n) is 12.6. The molecule has 1 amide bonds. The maximum Gasteiger partial charge on any atom is 0.267 e. The van der Waals surface area contributed by atoms with Crippen LogP contribution in [-0.4, -0.2) is 27.3 Å². The number of hydrogen-bond donors (Lipinski definition) is 1. The highest BCUT2D eigenvalue weighted by molar-refractivity contribution is 7.99. The number of aryl methyl sites for hydroxylation is 1. The number of thiophene rings is 1. The second-order valence-corrected chi connectivity index (χ2v) is 11.8. The molecule has 2 aromatic heterocycles. The number of hydrogen-bond acceptors (Lipinski definition) is 5. The molecule has 34 heavy (non-hydrogen) atoms. The van der Waals surface area contributed by atoms with E-state index in [9.17, 15) is 9.59 Å². The first-order chi connectivity index (χ1) is 16.6. The zero-order chi connectivity index (χ0) is 23.5. The fourth-order valence-electron chi connectivity index (χ4n) is 5.27. The summed E-state index contributed by atoms with van der Waals surface area (Å²) in [6.45, 7) is 2.28. The van der Waals surface area contributed by atoms with Gasteiger partial charge in [-0.15, -0.1) is 11.3 Å². The van der Waals surface area contributed by atoms with Crippen molar-refractivity contribution in [3.63, 3.8) is 0 Å². The van der Waals surface area contributed by atoms with Crippen molar-refractivity contribution < 1.29 is 4.79 Å². The molecule has 5 rings (SSSR count). The van der Waals surface area contributed by atoms with Gasteiger partial charge in [0.1, 0.15) is 4.83 Å². The molecule has 5 nitrogen and oxygen atoms in total. The third kappa shape index (κ3) is 5.10. The van der Waals surface area contributed by atoms with Crippen LogP contribution in [0.1, 0.15) is 68.7 Å². The van der Waals surface area contributed by atoms with Gasteiger partial charge in [-0.1, -0.05) is 69.0 Å². The van der Waals surface area contributed by atoms with Gasteiger partial charge in [-0.05, 0) is 55.7 Å². The van der Waals surface area contributed by atoms with Crippen LogP contribution in [0.2, 0.25) is 0 Å². The number of aromatic nitrogens is 2. The molecule has 0 bridgehead atoms. The highest BCUT2D eigenvalue weighted by Gasteiger charge is 2.25. The largest absolute Gasteiger partial charge is 0.353 e. The quantitative estimate of drug-likeness (QED) is 0.354. The highest BCUT2D eigenvalue weighted by atomic mass is 32.2. The molecule has 0 radical (unpaired) electrons. The van der Waals surface area contributed by atoms with E-state index in [1.165, 1.54) is 54.3 Å². The Labute approximate surface area is 209 Å². The minimum absolute atomic E-state index is 0.00817. The number of nitrogens with zero attached hydrogens (tertiary/aromatic N) is 2. The molecule has 2 aliphatic carbocycles. The van der Waals surface area contributed by atoms with Crippen LogP contribution in [0.4, 0.5) is 0 Å². The summed E-state index contributed by atoms with van der Waals surface area (Å²) in [5, 5.41) is 4.62. The zero-order valence-corrected chi connectivity index (χ0v) is 21.5. The molecular formula is C27H33N3O2S2. The lowest BCUT2D eigenvalue weighted by Crippen LogP contribution is -2.36. The van der Waals surface area contributed by atoms with E-state index in [-0.39, 0.29) is 23.3 Å². The molecule has 180 valence electrons. The van der Waals surface area contributed by atoms with Crippen LogP contribution in [0.25, 0.3) is 15.9 Å². The molecule has 3 aromatic rings. The summed E-state index contributed by atoms with van der Waals surface area (Å²) in [4.78, 5) is 33.7. The first-order valence-corrected chi connectivity index (χ1v) is 14.4. The van der Waals surface area contributed by atoms with E-state index in [0.717, 1.165) is 48.0 Å². The Hall–Kier alpha value is -2.12. The lowest BCUT2D eigenvalue weighted by Gasteiger charge is -2.21. The minimum atomic E-state index is -0.00817. The van der Waals surface area contributed by atoms with Gasteiger partial charge in [-0.25, -0.2) is 4.98 Å². The van der Waals surface area contributed by atoms with E-state index in [0.29, 0.717) is 11.1 Å². The van der Waals surface area contributed by atoms with E-state index < -0.39 is 0 Å². The Morgan fingerprint density at radius 1 is 1.12 bits per heavy atom. The van der Waals surface area contributed by atoms with Crippen molar-refractivity contribution in [1.29, 1.82) is 0 Å². The molecule has 0 saturated heterocycles. The summed E-state index contributed by atoms with van der Waals surface area (Å²) in [6.07, 6.45) is 11.4. The number of nitrogens with one attached hydrogen (secondary N) is 1. The summed E-state index contributed by atoms with van der Waals surface area (Å²) in [6, 6.07) is 9.97. The van der Waals surface area contributed by atoms with Crippen molar-refractivity contribution in [2.24, 2.45) is 5.92 Å². The van der Waals surface area contributed by atoms with Crippen LogP contribution in [0.15, 0.2) is 40.3 Å². The van der Waals surface area contributed by atoms with Crippen molar-refractivity contribution in [3.8, 4) is 5.69 Å². The molecule has 1 saturated carbocycles. The van der Waals surface area contributed by atoms with Crippen molar-refractivity contribution >= 4 is 39.2 Å². The number of carbonyl (C=O) groups excluding carboxylic acids is 1. The van der Waals surface area contributed by atoms with Gasteiger partial charge in [0.05, 0.1) is 16.8 Å². The first kappa shape index (κ1) is 23.6. The maximum atomic E-state index is 13.8. The summed E-state index contributed by atoms with van der Waals surface area (Å²) in [5.41, 5.74) is 1.99. The van der Waals surface area contributed by atoms with E-state index in [1.807, 2.05) is 30.3 Å². The summed E-state index contributed by atoms with van der Waals surface area (Å²) < 4.78 is 1.71. The number of benzene rings is 1. The molecular weight excluding hydrogens is 462 g/mol. The second kappa shape index (κ2) is 10.6. The number of para-hydroxylation sites is 1. The number of thioether (sulfide) groups is 1. The van der Waals surface area contributed by atoms with Gasteiger partial charge in [0.25, 0.3) is 5.56 Å². The van der Waals surface area contributed by atoms with Crippen LogP contribution in [-0.2, 0) is 17.6 Å². The third-order valence-corrected chi connectivity index (χ3v) is 9.20. The van der Waals surface area contributed by atoms with E-state index in [4.69, 9.17) is 4.98 Å². The van der Waals surface area contributed by atoms with E-state index >= 15 is 0 Å². The van der Waals surface area contributed by atoms with Gasteiger partial charge in [0, 0.05) is 10.9 Å². The molecule has 1 atom stereocenters. The predicted molar refractivity (Wildman–Crippen MR) is 141 cm³/mol. The van der Waals surface area contributed by atoms with E-state index in [1.54, 1.807) is 15.9 Å². The number of rotatable bonds is 5. The number of fused-ring (bicyclic) bond motifs is 3. The summed E-state index contributed by atoms with van der Waals surface area (Å²) in [5.74, 6) is 0.940. The standard InChI is InChI=1S/C27H33N3O2S2/c1-18-14-15-21-22(16-18)34-25-24(21)26(32)30(20-12-8-5-9-13-20)27(29-25)33-17-23(31)28-19-10-6-3-2-4-7-11-19/h5,8-9,12-13,18-19H,2-4,6-7,10-11,14-17H2,1H3,(H,28,31). The number of carbonyl (C=O) groups is 1. The van der Waals surface area contributed by atoms with Gasteiger partial charge >= 0.3 is 0 Å². The van der Waals surface area contributed by atoms with Crippen molar-refractivity contribution in [1.82, 2.24) is 14.9 Å². The van der Waals surface area contributed by atoms with Crippen LogP contribution in [0.5, 0.6) is 0 Å². The number of amides is 1. The monoisotopic (exact) mass is 495 g/mol. The Bertz CT molecular complexity index is 1210. The highest BCUT2D eigenvalue weighted by Crippen LogP contribution is 2.37. The SMILES string of the molecule is CC1CCc2c(sc3nc(SCC(=O)NC4CCCCCCC4)n(-c4ccccc4)c(=O)c23)C1. The Morgan fingerprint density at radius 3 is 2.62 bits per heavy atom. The maximum absolute atomic E-state index is 13.8. The summed E-state index contributed by atoms with van der Waals surface area (Å²) in [7, 11) is 0. The van der Waals surface area contributed by atoms with Gasteiger partial charge < -0.3 is 5.32 Å². The predicted octanol–water partition coefficient (Wildman–Crippen LogP) is 5.89. The van der Waals surface area contributed by atoms with Crippen LogP contribution >= 0.6 is 23.1 Å².